The van der Waals surface area contributed by atoms with Gasteiger partial charge in [0.15, 0.2) is 0 Å². The van der Waals surface area contributed by atoms with Gasteiger partial charge in [0.25, 0.3) is 0 Å². The Balaban J connectivity index is 1.47. The molecule has 0 N–H and O–H groups in total. The van der Waals surface area contributed by atoms with Crippen LogP contribution in [0, 0.1) is 5.92 Å². The molecule has 1 aliphatic heterocycles. The molecule has 2 aromatic rings. The van der Waals surface area contributed by atoms with Crippen LogP contribution >= 0.6 is 0 Å². The molecule has 4 rings (SSSR count). The van der Waals surface area contributed by atoms with Crippen molar-refractivity contribution in [3.05, 3.63) is 30.4 Å². The first-order chi connectivity index (χ1) is 11.3. The first-order valence-corrected chi connectivity index (χ1v) is 8.34. The Morgan fingerprint density at radius 2 is 2.13 bits per heavy atom. The summed E-state index contributed by atoms with van der Waals surface area (Å²) >= 11 is 0. The molecule has 0 unspecified atom stereocenters. The van der Waals surface area contributed by atoms with Crippen LogP contribution < -0.4 is 0 Å². The van der Waals surface area contributed by atoms with Crippen molar-refractivity contribution in [2.45, 2.75) is 38.0 Å². The minimum atomic E-state index is 0.144. The highest BCUT2D eigenvalue weighted by molar-refractivity contribution is 5.79. The van der Waals surface area contributed by atoms with E-state index in [1.54, 1.807) is 12.4 Å². The lowest BCUT2D eigenvalue weighted by atomic mass is 9.83. The molecule has 6 nitrogen and oxygen atoms in total. The van der Waals surface area contributed by atoms with E-state index in [9.17, 15) is 4.79 Å². The Labute approximate surface area is 134 Å². The summed E-state index contributed by atoms with van der Waals surface area (Å²) in [5, 5.41) is 8.34. The molecular weight excluding hydrogens is 292 g/mol. The molecule has 1 saturated heterocycles. The second-order valence-corrected chi connectivity index (χ2v) is 6.44. The number of amides is 1. The number of hydrogen-bond donors (Lipinski definition) is 0. The number of nitrogens with zero attached hydrogens (tertiary/aromatic N) is 4. The molecule has 2 aromatic heterocycles. The minimum absolute atomic E-state index is 0.144. The average Bonchev–Trinajstić information content (AvgIpc) is 3.04. The Morgan fingerprint density at radius 1 is 1.22 bits per heavy atom. The monoisotopic (exact) mass is 312 g/mol. The predicted octanol–water partition coefficient (Wildman–Crippen LogP) is 2.64. The molecule has 3 heterocycles. The first kappa shape index (κ1) is 14.4. The highest BCUT2D eigenvalue weighted by Crippen LogP contribution is 2.32. The van der Waals surface area contributed by atoms with E-state index in [2.05, 4.69) is 15.2 Å². The third-order valence-corrected chi connectivity index (χ3v) is 4.89. The summed E-state index contributed by atoms with van der Waals surface area (Å²) in [6, 6.07) is 3.75. The Morgan fingerprint density at radius 3 is 2.87 bits per heavy atom. The summed E-state index contributed by atoms with van der Waals surface area (Å²) in [7, 11) is 0. The largest absolute Gasteiger partial charge is 0.420 e. The number of carbonyl (C=O) groups is 1. The van der Waals surface area contributed by atoms with Crippen LogP contribution in [0.25, 0.3) is 11.5 Å². The van der Waals surface area contributed by atoms with Crippen molar-refractivity contribution in [1.82, 2.24) is 20.1 Å². The maximum Gasteiger partial charge on any atom is 0.249 e. The van der Waals surface area contributed by atoms with E-state index < -0.39 is 0 Å². The quantitative estimate of drug-likeness (QED) is 0.871. The van der Waals surface area contributed by atoms with E-state index in [4.69, 9.17) is 4.42 Å². The van der Waals surface area contributed by atoms with Crippen LogP contribution in [0.15, 0.2) is 28.9 Å². The van der Waals surface area contributed by atoms with Gasteiger partial charge in [0.2, 0.25) is 17.7 Å². The normalized spacial score (nSPS) is 21.9. The van der Waals surface area contributed by atoms with Gasteiger partial charge in [-0.3, -0.25) is 9.78 Å². The number of likely N-dealkylation sites (tertiary alicyclic amines) is 1. The smallest absolute Gasteiger partial charge is 0.249 e. The van der Waals surface area contributed by atoms with Gasteiger partial charge in [-0.1, -0.05) is 6.42 Å². The van der Waals surface area contributed by atoms with Crippen LogP contribution in [0.5, 0.6) is 0 Å². The van der Waals surface area contributed by atoms with Gasteiger partial charge < -0.3 is 9.32 Å². The van der Waals surface area contributed by atoms with Crippen LogP contribution in [-0.4, -0.2) is 39.1 Å². The zero-order valence-corrected chi connectivity index (χ0v) is 13.0. The van der Waals surface area contributed by atoms with Crippen LogP contribution in [0.1, 0.15) is 43.9 Å². The topological polar surface area (TPSA) is 72.1 Å². The molecule has 1 amide bonds. The van der Waals surface area contributed by atoms with E-state index in [0.717, 1.165) is 37.8 Å². The lowest BCUT2D eigenvalue weighted by molar-refractivity contribution is -0.139. The number of aromatic nitrogens is 3. The summed E-state index contributed by atoms with van der Waals surface area (Å²) < 4.78 is 5.84. The molecule has 1 atom stereocenters. The fourth-order valence-corrected chi connectivity index (χ4v) is 3.30. The zero-order valence-electron chi connectivity index (χ0n) is 13.0. The predicted molar refractivity (Wildman–Crippen MR) is 83.4 cm³/mol. The lowest BCUT2D eigenvalue weighted by Gasteiger charge is -2.36. The molecule has 2 aliphatic rings. The van der Waals surface area contributed by atoms with Crippen molar-refractivity contribution in [2.75, 3.05) is 13.1 Å². The average molecular weight is 312 g/mol. The number of pyridine rings is 1. The van der Waals surface area contributed by atoms with E-state index in [1.165, 1.54) is 6.42 Å². The third kappa shape index (κ3) is 2.85. The van der Waals surface area contributed by atoms with Gasteiger partial charge >= 0.3 is 0 Å². The summed E-state index contributed by atoms with van der Waals surface area (Å²) in [5.41, 5.74) is 0.824. The van der Waals surface area contributed by atoms with Crippen LogP contribution in [0.4, 0.5) is 0 Å². The van der Waals surface area contributed by atoms with Gasteiger partial charge in [0.1, 0.15) is 0 Å². The Hall–Kier alpha value is -2.24. The van der Waals surface area contributed by atoms with Crippen LogP contribution in [0.3, 0.4) is 0 Å². The molecule has 0 spiro atoms. The van der Waals surface area contributed by atoms with Crippen molar-refractivity contribution < 1.29 is 9.21 Å². The summed E-state index contributed by atoms with van der Waals surface area (Å²) in [5.74, 6) is 1.84. The lowest BCUT2D eigenvalue weighted by Crippen LogP contribution is -2.44. The third-order valence-electron chi connectivity index (χ3n) is 4.89. The summed E-state index contributed by atoms with van der Waals surface area (Å²) in [6.45, 7) is 1.55. The van der Waals surface area contributed by atoms with Crippen LogP contribution in [-0.2, 0) is 4.79 Å². The number of carbonyl (C=O) groups excluding carboxylic acids is 1. The highest BCUT2D eigenvalue weighted by atomic mass is 16.4. The molecule has 23 heavy (non-hydrogen) atoms. The Kier molecular flexibility index (Phi) is 3.81. The van der Waals surface area contributed by atoms with Gasteiger partial charge in [-0.05, 0) is 37.8 Å². The van der Waals surface area contributed by atoms with E-state index in [1.807, 2.05) is 17.0 Å². The van der Waals surface area contributed by atoms with E-state index in [0.29, 0.717) is 24.2 Å². The zero-order chi connectivity index (χ0) is 15.6. The van der Waals surface area contributed by atoms with Crippen molar-refractivity contribution in [3.8, 4) is 11.5 Å². The Bertz CT molecular complexity index is 681. The van der Waals surface area contributed by atoms with Crippen molar-refractivity contribution in [2.24, 2.45) is 5.92 Å². The SMILES string of the molecule is O=C(C1CCC1)N1CCC[C@@H](c2nnc(-c3cccnc3)o2)C1. The van der Waals surface area contributed by atoms with Crippen LogP contribution in [0.2, 0.25) is 0 Å². The standard InChI is InChI=1S/C17H20N4O2/c22-17(12-4-1-5-12)21-9-3-7-14(11-21)16-20-19-15(23-16)13-6-2-8-18-10-13/h2,6,8,10,12,14H,1,3-5,7,9,11H2/t14-/m1/s1. The molecule has 6 heteroatoms. The molecule has 2 fully saturated rings. The van der Waals surface area contributed by atoms with Gasteiger partial charge in [-0.25, -0.2) is 0 Å². The van der Waals surface area contributed by atoms with Gasteiger partial charge in [-0.2, -0.15) is 0 Å². The van der Waals surface area contributed by atoms with E-state index in [-0.39, 0.29) is 11.8 Å². The van der Waals surface area contributed by atoms with Crippen molar-refractivity contribution >= 4 is 5.91 Å². The molecule has 1 aliphatic carbocycles. The molecule has 0 aromatic carbocycles. The second kappa shape index (κ2) is 6.10. The van der Waals surface area contributed by atoms with E-state index >= 15 is 0 Å². The fraction of sp³-hybridized carbons (Fsp3) is 0.529. The molecule has 0 radical (unpaired) electrons. The first-order valence-electron chi connectivity index (χ1n) is 8.34. The minimum Gasteiger partial charge on any atom is -0.420 e. The molecule has 1 saturated carbocycles. The second-order valence-electron chi connectivity index (χ2n) is 6.44. The fourth-order valence-electron chi connectivity index (χ4n) is 3.30. The summed E-state index contributed by atoms with van der Waals surface area (Å²) in [4.78, 5) is 18.5. The number of piperidine rings is 1. The van der Waals surface area contributed by atoms with Gasteiger partial charge in [0.05, 0.1) is 11.5 Å². The molecule has 0 bridgehead atoms. The summed E-state index contributed by atoms with van der Waals surface area (Å²) in [6.07, 6.45) is 8.69. The van der Waals surface area contributed by atoms with Gasteiger partial charge in [0, 0.05) is 31.4 Å². The van der Waals surface area contributed by atoms with Gasteiger partial charge in [-0.15, -0.1) is 10.2 Å². The molecule has 120 valence electrons. The highest BCUT2D eigenvalue weighted by Gasteiger charge is 2.34. The maximum absolute atomic E-state index is 12.4. The molecular formula is C17H20N4O2. The maximum atomic E-state index is 12.4. The number of hydrogen-bond acceptors (Lipinski definition) is 5. The van der Waals surface area contributed by atoms with Crippen molar-refractivity contribution in [3.63, 3.8) is 0 Å². The van der Waals surface area contributed by atoms with Crippen molar-refractivity contribution in [1.29, 1.82) is 0 Å². The number of rotatable bonds is 3.